The molecule has 2 heterocycles. The van der Waals surface area contributed by atoms with Gasteiger partial charge in [0.1, 0.15) is 0 Å². The third-order valence-corrected chi connectivity index (χ3v) is 5.46. The van der Waals surface area contributed by atoms with Crippen molar-refractivity contribution in [1.29, 1.82) is 0 Å². The summed E-state index contributed by atoms with van der Waals surface area (Å²) in [5.41, 5.74) is 5.21. The van der Waals surface area contributed by atoms with Crippen molar-refractivity contribution in [3.8, 4) is 23.7 Å². The molecular weight excluding hydrogens is 384 g/mol. The zero-order valence-electron chi connectivity index (χ0n) is 17.6. The summed E-state index contributed by atoms with van der Waals surface area (Å²) in [6.45, 7) is 3.53. The van der Waals surface area contributed by atoms with Gasteiger partial charge in [0.15, 0.2) is 0 Å². The van der Waals surface area contributed by atoms with Gasteiger partial charge in [-0.15, -0.1) is 0 Å². The molecule has 0 bridgehead atoms. The molecule has 0 atom stereocenters. The van der Waals surface area contributed by atoms with Crippen LogP contribution in [0, 0.1) is 12.5 Å². The molecule has 0 unspecified atom stereocenters. The van der Waals surface area contributed by atoms with Crippen LogP contribution < -0.4 is 0 Å². The third kappa shape index (κ3) is 4.39. The highest BCUT2D eigenvalue weighted by Gasteiger charge is 2.20. The SMILES string of the molecule is C#C/N=C\C(=C/C)c1nc2cc(C(=O)N3CCCCC3)ccc2nc1-c1ccccc1. The average molecular weight is 409 g/mol. The van der Waals surface area contributed by atoms with Crippen molar-refractivity contribution >= 4 is 28.7 Å². The lowest BCUT2D eigenvalue weighted by molar-refractivity contribution is 0.0724. The summed E-state index contributed by atoms with van der Waals surface area (Å²) in [5, 5.41) is 0. The standard InChI is InChI=1S/C26H24N4O/c1-3-19(18-27-4-2)24-25(20-11-7-5-8-12-20)28-22-14-13-21(17-23(22)29-24)26(31)30-15-9-6-10-16-30/h2-3,5,7-8,11-14,17-18H,6,9-10,15-16H2,1H3/b19-3+,27-18-. The molecule has 0 spiro atoms. The van der Waals surface area contributed by atoms with E-state index in [4.69, 9.17) is 16.4 Å². The molecule has 0 saturated carbocycles. The number of allylic oxidation sites excluding steroid dienone is 2. The molecule has 1 aliphatic heterocycles. The van der Waals surface area contributed by atoms with Gasteiger partial charge in [-0.1, -0.05) is 42.8 Å². The number of fused-ring (bicyclic) bond motifs is 1. The van der Waals surface area contributed by atoms with Gasteiger partial charge in [0.2, 0.25) is 0 Å². The summed E-state index contributed by atoms with van der Waals surface area (Å²) in [6, 6.07) is 17.7. The van der Waals surface area contributed by atoms with E-state index in [1.807, 2.05) is 66.4 Å². The van der Waals surface area contributed by atoms with E-state index in [-0.39, 0.29) is 5.91 Å². The highest BCUT2D eigenvalue weighted by molar-refractivity contribution is 6.12. The maximum absolute atomic E-state index is 13.0. The van der Waals surface area contributed by atoms with E-state index in [9.17, 15) is 4.79 Å². The molecule has 2 aromatic carbocycles. The predicted molar refractivity (Wildman–Crippen MR) is 126 cm³/mol. The van der Waals surface area contributed by atoms with Crippen molar-refractivity contribution in [2.24, 2.45) is 4.99 Å². The Morgan fingerprint density at radius 2 is 1.84 bits per heavy atom. The number of aromatic nitrogens is 2. The molecular formula is C26H24N4O. The topological polar surface area (TPSA) is 58.5 Å². The van der Waals surface area contributed by atoms with Gasteiger partial charge in [0.25, 0.3) is 5.91 Å². The van der Waals surface area contributed by atoms with Crippen molar-refractivity contribution < 1.29 is 4.79 Å². The Morgan fingerprint density at radius 1 is 1.06 bits per heavy atom. The van der Waals surface area contributed by atoms with E-state index in [0.29, 0.717) is 16.8 Å². The number of nitrogens with zero attached hydrogens (tertiary/aromatic N) is 4. The van der Waals surface area contributed by atoms with E-state index >= 15 is 0 Å². The quantitative estimate of drug-likeness (QED) is 0.451. The van der Waals surface area contributed by atoms with Gasteiger partial charge >= 0.3 is 0 Å². The number of benzene rings is 2. The maximum atomic E-state index is 13.0. The molecule has 1 amide bonds. The number of likely N-dealkylation sites (tertiary alicyclic amines) is 1. The molecule has 3 aromatic rings. The van der Waals surface area contributed by atoms with E-state index in [1.165, 1.54) is 6.42 Å². The minimum Gasteiger partial charge on any atom is -0.339 e. The Labute approximate surface area is 182 Å². The van der Waals surface area contributed by atoms with Crippen LogP contribution in [-0.4, -0.2) is 40.1 Å². The summed E-state index contributed by atoms with van der Waals surface area (Å²) in [4.78, 5) is 28.6. The number of terminal acetylenes is 1. The Balaban J connectivity index is 1.84. The zero-order valence-corrected chi connectivity index (χ0v) is 17.6. The minimum absolute atomic E-state index is 0.0530. The second-order valence-electron chi connectivity index (χ2n) is 7.47. The summed E-state index contributed by atoms with van der Waals surface area (Å²) in [6.07, 6.45) is 12.1. The molecule has 1 aromatic heterocycles. The number of carbonyl (C=O) groups is 1. The molecule has 154 valence electrons. The summed E-state index contributed by atoms with van der Waals surface area (Å²) in [7, 11) is 0. The molecule has 4 rings (SSSR count). The number of amides is 1. The zero-order chi connectivity index (χ0) is 21.6. The van der Waals surface area contributed by atoms with Crippen LogP contribution in [0.25, 0.3) is 27.9 Å². The van der Waals surface area contributed by atoms with Gasteiger partial charge in [0, 0.05) is 42.0 Å². The Bertz CT molecular complexity index is 1200. The molecule has 1 saturated heterocycles. The van der Waals surface area contributed by atoms with Crippen LogP contribution >= 0.6 is 0 Å². The Hall–Kier alpha value is -3.78. The van der Waals surface area contributed by atoms with Crippen LogP contribution in [0.2, 0.25) is 0 Å². The average Bonchev–Trinajstić information content (AvgIpc) is 2.84. The van der Waals surface area contributed by atoms with Crippen LogP contribution in [0.3, 0.4) is 0 Å². The molecule has 1 fully saturated rings. The van der Waals surface area contributed by atoms with Crippen molar-refractivity contribution in [1.82, 2.24) is 14.9 Å². The van der Waals surface area contributed by atoms with Crippen molar-refractivity contribution in [2.75, 3.05) is 13.1 Å². The van der Waals surface area contributed by atoms with Crippen LogP contribution in [0.4, 0.5) is 0 Å². The molecule has 5 nitrogen and oxygen atoms in total. The molecule has 31 heavy (non-hydrogen) atoms. The van der Waals surface area contributed by atoms with E-state index in [1.54, 1.807) is 6.21 Å². The summed E-state index contributed by atoms with van der Waals surface area (Å²) < 4.78 is 0. The number of piperidine rings is 1. The number of carbonyl (C=O) groups excluding carboxylic acids is 1. The first-order chi connectivity index (χ1) is 15.2. The minimum atomic E-state index is 0.0530. The fraction of sp³-hybridized carbons (Fsp3) is 0.231. The highest BCUT2D eigenvalue weighted by Crippen LogP contribution is 2.28. The maximum Gasteiger partial charge on any atom is 0.253 e. The van der Waals surface area contributed by atoms with Crippen molar-refractivity contribution in [3.63, 3.8) is 0 Å². The molecule has 1 aliphatic rings. The van der Waals surface area contributed by atoms with Gasteiger partial charge in [0.05, 0.1) is 22.4 Å². The summed E-state index contributed by atoms with van der Waals surface area (Å²) >= 11 is 0. The second-order valence-corrected chi connectivity index (χ2v) is 7.47. The van der Waals surface area contributed by atoms with Crippen molar-refractivity contribution in [3.05, 3.63) is 65.9 Å². The molecule has 0 radical (unpaired) electrons. The van der Waals surface area contributed by atoms with E-state index in [0.717, 1.165) is 48.3 Å². The molecule has 0 N–H and O–H groups in total. The lowest BCUT2D eigenvalue weighted by atomic mass is 10.0. The van der Waals surface area contributed by atoms with Crippen LogP contribution in [0.15, 0.2) is 59.6 Å². The summed E-state index contributed by atoms with van der Waals surface area (Å²) in [5.74, 6) is 0.0530. The Morgan fingerprint density at radius 3 is 2.55 bits per heavy atom. The van der Waals surface area contributed by atoms with Gasteiger partial charge < -0.3 is 4.90 Å². The fourth-order valence-corrected chi connectivity index (χ4v) is 3.84. The first kappa shape index (κ1) is 20.5. The largest absolute Gasteiger partial charge is 0.339 e. The number of hydrogen-bond donors (Lipinski definition) is 0. The normalized spacial score (nSPS) is 14.7. The van der Waals surface area contributed by atoms with E-state index in [2.05, 4.69) is 11.0 Å². The highest BCUT2D eigenvalue weighted by atomic mass is 16.2. The molecule has 5 heteroatoms. The lowest BCUT2D eigenvalue weighted by Crippen LogP contribution is -2.35. The van der Waals surface area contributed by atoms with Crippen LogP contribution in [0.1, 0.15) is 42.2 Å². The monoisotopic (exact) mass is 408 g/mol. The van der Waals surface area contributed by atoms with Crippen molar-refractivity contribution in [2.45, 2.75) is 26.2 Å². The van der Waals surface area contributed by atoms with Gasteiger partial charge in [-0.05, 0) is 44.4 Å². The first-order valence-electron chi connectivity index (χ1n) is 10.5. The number of hydrogen-bond acceptors (Lipinski definition) is 4. The smallest absolute Gasteiger partial charge is 0.253 e. The fourth-order valence-electron chi connectivity index (χ4n) is 3.84. The Kier molecular flexibility index (Phi) is 6.18. The number of rotatable bonds is 4. The third-order valence-electron chi connectivity index (χ3n) is 5.46. The van der Waals surface area contributed by atoms with Crippen LogP contribution in [0.5, 0.6) is 0 Å². The molecule has 0 aliphatic carbocycles. The lowest BCUT2D eigenvalue weighted by Gasteiger charge is -2.26. The predicted octanol–water partition coefficient (Wildman–Crippen LogP) is 4.99. The first-order valence-corrected chi connectivity index (χ1v) is 10.5. The van der Waals surface area contributed by atoms with Gasteiger partial charge in [-0.25, -0.2) is 15.0 Å². The van der Waals surface area contributed by atoms with Gasteiger partial charge in [-0.2, -0.15) is 0 Å². The number of aliphatic imine (C=N–C) groups is 1. The van der Waals surface area contributed by atoms with Gasteiger partial charge in [-0.3, -0.25) is 4.79 Å². The second kappa shape index (κ2) is 9.36. The van der Waals surface area contributed by atoms with Crippen LogP contribution in [-0.2, 0) is 0 Å². The van der Waals surface area contributed by atoms with E-state index < -0.39 is 0 Å².